The van der Waals surface area contributed by atoms with Crippen molar-refractivity contribution in [3.05, 3.63) is 0 Å². The van der Waals surface area contributed by atoms with E-state index >= 15 is 0 Å². The molecule has 3 N–H and O–H groups in total. The summed E-state index contributed by atoms with van der Waals surface area (Å²) in [5.74, 6) is 0. The number of aliphatic hydroxyl groups excluding tert-OH is 3. The number of hydrogen-bond donors (Lipinski definition) is 3. The summed E-state index contributed by atoms with van der Waals surface area (Å²) in [4.78, 5) is 0. The Kier molecular flexibility index (Phi) is 1.90. The molecule has 3 heteroatoms. The first-order chi connectivity index (χ1) is 5.68. The van der Waals surface area contributed by atoms with Gasteiger partial charge in [0.1, 0.15) is 0 Å². The van der Waals surface area contributed by atoms with Crippen molar-refractivity contribution < 1.29 is 15.3 Å². The molecule has 0 aromatic carbocycles. The Morgan fingerprint density at radius 1 is 0.833 bits per heavy atom. The molecule has 2 fully saturated rings. The third-order valence-corrected chi connectivity index (χ3v) is 3.66. The van der Waals surface area contributed by atoms with Crippen LogP contribution in [0.25, 0.3) is 0 Å². The van der Waals surface area contributed by atoms with Gasteiger partial charge >= 0.3 is 0 Å². The maximum Gasteiger partial charge on any atom is 0.0647 e. The molecule has 12 heavy (non-hydrogen) atoms. The third kappa shape index (κ3) is 0.873. The first kappa shape index (κ1) is 8.48. The van der Waals surface area contributed by atoms with Crippen molar-refractivity contribution in [1.29, 1.82) is 0 Å². The highest BCUT2D eigenvalue weighted by Crippen LogP contribution is 2.50. The van der Waals surface area contributed by atoms with E-state index in [2.05, 4.69) is 0 Å². The van der Waals surface area contributed by atoms with E-state index in [1.165, 1.54) is 0 Å². The minimum atomic E-state index is -0.569. The van der Waals surface area contributed by atoms with Crippen molar-refractivity contribution in [2.24, 2.45) is 5.41 Å². The Hall–Kier alpha value is -0.120. The summed E-state index contributed by atoms with van der Waals surface area (Å²) in [6, 6.07) is 0. The molecule has 0 heterocycles. The van der Waals surface area contributed by atoms with Crippen molar-refractivity contribution >= 4 is 0 Å². The first-order valence-corrected chi connectivity index (χ1v) is 4.72. The maximum atomic E-state index is 9.70. The summed E-state index contributed by atoms with van der Waals surface area (Å²) in [7, 11) is 0. The van der Waals surface area contributed by atoms with Crippen LogP contribution in [0.1, 0.15) is 32.1 Å². The molecule has 3 unspecified atom stereocenters. The predicted molar refractivity (Wildman–Crippen MR) is 43.5 cm³/mol. The molecule has 0 aromatic rings. The quantitative estimate of drug-likeness (QED) is 0.483. The van der Waals surface area contributed by atoms with Gasteiger partial charge in [-0.25, -0.2) is 0 Å². The van der Waals surface area contributed by atoms with E-state index < -0.39 is 23.7 Å². The number of aliphatic hydroxyl groups is 3. The zero-order valence-electron chi connectivity index (χ0n) is 7.11. The van der Waals surface area contributed by atoms with Gasteiger partial charge in [0.2, 0.25) is 0 Å². The first-order valence-electron chi connectivity index (χ1n) is 4.72. The molecule has 3 atom stereocenters. The Bertz CT molecular complexity index is 162. The van der Waals surface area contributed by atoms with Gasteiger partial charge in [-0.3, -0.25) is 0 Å². The highest BCUT2D eigenvalue weighted by Gasteiger charge is 2.55. The van der Waals surface area contributed by atoms with Crippen LogP contribution in [-0.2, 0) is 0 Å². The van der Waals surface area contributed by atoms with Gasteiger partial charge in [-0.1, -0.05) is 6.42 Å². The Morgan fingerprint density at radius 3 is 1.75 bits per heavy atom. The van der Waals surface area contributed by atoms with E-state index in [1.807, 2.05) is 0 Å². The molecule has 0 bridgehead atoms. The lowest BCUT2D eigenvalue weighted by atomic mass is 9.78. The lowest BCUT2D eigenvalue weighted by molar-refractivity contribution is -0.0874. The lowest BCUT2D eigenvalue weighted by Gasteiger charge is -2.34. The fourth-order valence-electron chi connectivity index (χ4n) is 2.89. The van der Waals surface area contributed by atoms with Gasteiger partial charge in [0.25, 0.3) is 0 Å². The molecule has 0 aromatic heterocycles. The van der Waals surface area contributed by atoms with Crippen molar-refractivity contribution in [2.45, 2.75) is 50.4 Å². The molecular formula is C9H16O3. The van der Waals surface area contributed by atoms with E-state index in [0.29, 0.717) is 12.8 Å². The van der Waals surface area contributed by atoms with Gasteiger partial charge in [0.15, 0.2) is 0 Å². The van der Waals surface area contributed by atoms with Crippen molar-refractivity contribution in [3.8, 4) is 0 Å². The van der Waals surface area contributed by atoms with Crippen LogP contribution < -0.4 is 0 Å². The standard InChI is InChI=1S/C9H16O3/c10-6-2-1-5-9(6)7(11)3-4-8(9)12/h6-8,10-12H,1-5H2. The van der Waals surface area contributed by atoms with Crippen LogP contribution in [0.15, 0.2) is 0 Å². The average molecular weight is 172 g/mol. The normalized spacial score (nSPS) is 53.8. The zero-order valence-corrected chi connectivity index (χ0v) is 7.11. The van der Waals surface area contributed by atoms with Crippen LogP contribution in [0, 0.1) is 5.41 Å². The second-order valence-corrected chi connectivity index (χ2v) is 4.13. The summed E-state index contributed by atoms with van der Waals surface area (Å²) in [6.07, 6.45) is 2.22. The third-order valence-electron chi connectivity index (χ3n) is 3.66. The smallest absolute Gasteiger partial charge is 0.0647 e. The molecule has 0 amide bonds. The van der Waals surface area contributed by atoms with E-state index in [-0.39, 0.29) is 0 Å². The fourth-order valence-corrected chi connectivity index (χ4v) is 2.89. The summed E-state index contributed by atoms with van der Waals surface area (Å²) in [5.41, 5.74) is -0.569. The van der Waals surface area contributed by atoms with Crippen LogP contribution in [-0.4, -0.2) is 33.6 Å². The minimum Gasteiger partial charge on any atom is -0.392 e. The van der Waals surface area contributed by atoms with Crippen LogP contribution in [0.4, 0.5) is 0 Å². The van der Waals surface area contributed by atoms with Gasteiger partial charge < -0.3 is 15.3 Å². The molecule has 3 nitrogen and oxygen atoms in total. The van der Waals surface area contributed by atoms with E-state index in [4.69, 9.17) is 0 Å². The molecule has 2 aliphatic rings. The number of rotatable bonds is 0. The molecule has 70 valence electrons. The minimum absolute atomic E-state index is 0.495. The van der Waals surface area contributed by atoms with Gasteiger partial charge in [-0.2, -0.15) is 0 Å². The lowest BCUT2D eigenvalue weighted by Crippen LogP contribution is -2.44. The van der Waals surface area contributed by atoms with Gasteiger partial charge in [-0.15, -0.1) is 0 Å². The molecule has 2 saturated carbocycles. The second kappa shape index (κ2) is 2.69. The van der Waals surface area contributed by atoms with Gasteiger partial charge in [-0.05, 0) is 25.7 Å². The topological polar surface area (TPSA) is 60.7 Å². The van der Waals surface area contributed by atoms with Crippen LogP contribution in [0.5, 0.6) is 0 Å². The molecule has 2 rings (SSSR count). The molecule has 0 saturated heterocycles. The predicted octanol–water partition coefficient (Wildman–Crippen LogP) is 0.0332. The molecule has 1 spiro atoms. The number of hydrogen-bond acceptors (Lipinski definition) is 3. The average Bonchev–Trinajstić information content (AvgIpc) is 2.53. The van der Waals surface area contributed by atoms with Crippen LogP contribution in [0.2, 0.25) is 0 Å². The highest BCUT2D eigenvalue weighted by molar-refractivity contribution is 5.05. The Morgan fingerprint density at radius 2 is 1.33 bits per heavy atom. The molecule has 0 aliphatic heterocycles. The second-order valence-electron chi connectivity index (χ2n) is 4.13. The van der Waals surface area contributed by atoms with Crippen molar-refractivity contribution in [2.75, 3.05) is 0 Å². The molecule has 2 aliphatic carbocycles. The Labute approximate surface area is 72.0 Å². The molecule has 0 radical (unpaired) electrons. The summed E-state index contributed by atoms with van der Waals surface area (Å²) >= 11 is 0. The molecular weight excluding hydrogens is 156 g/mol. The maximum absolute atomic E-state index is 9.70. The zero-order chi connectivity index (χ0) is 8.77. The summed E-state index contributed by atoms with van der Waals surface area (Å²) < 4.78 is 0. The summed E-state index contributed by atoms with van der Waals surface area (Å²) in [6.45, 7) is 0. The highest BCUT2D eigenvalue weighted by atomic mass is 16.3. The van der Waals surface area contributed by atoms with Crippen molar-refractivity contribution in [3.63, 3.8) is 0 Å². The van der Waals surface area contributed by atoms with E-state index in [0.717, 1.165) is 19.3 Å². The Balaban J connectivity index is 2.26. The van der Waals surface area contributed by atoms with Gasteiger partial charge in [0.05, 0.1) is 18.3 Å². The summed E-state index contributed by atoms with van der Waals surface area (Å²) in [5, 5.41) is 29.1. The van der Waals surface area contributed by atoms with Crippen LogP contribution in [0.3, 0.4) is 0 Å². The fraction of sp³-hybridized carbons (Fsp3) is 1.00. The monoisotopic (exact) mass is 172 g/mol. The van der Waals surface area contributed by atoms with E-state index in [1.54, 1.807) is 0 Å². The van der Waals surface area contributed by atoms with E-state index in [9.17, 15) is 15.3 Å². The van der Waals surface area contributed by atoms with Crippen molar-refractivity contribution in [1.82, 2.24) is 0 Å². The van der Waals surface area contributed by atoms with Gasteiger partial charge in [0, 0.05) is 5.41 Å². The SMILES string of the molecule is OC1CCCC12C(O)CCC2O. The van der Waals surface area contributed by atoms with Crippen LogP contribution >= 0.6 is 0 Å². The largest absolute Gasteiger partial charge is 0.392 e.